The third-order valence-corrected chi connectivity index (χ3v) is 7.31. The SMILES string of the molecule is Cc1cc(C(=O)Nc2sc3c(c2C(=O)NC2CC2)CCC(C(C)(C)C)C3)c(C)o1. The molecule has 2 aromatic heterocycles. The molecular formula is C23H30N2O3S. The van der Waals surface area contributed by atoms with Crippen LogP contribution in [0.4, 0.5) is 5.00 Å². The highest BCUT2D eigenvalue weighted by Crippen LogP contribution is 2.44. The van der Waals surface area contributed by atoms with Gasteiger partial charge in [-0.1, -0.05) is 20.8 Å². The lowest BCUT2D eigenvalue weighted by atomic mass is 9.72. The van der Waals surface area contributed by atoms with Gasteiger partial charge in [0.25, 0.3) is 11.8 Å². The Kier molecular flexibility index (Phi) is 5.09. The zero-order valence-corrected chi connectivity index (χ0v) is 18.7. The summed E-state index contributed by atoms with van der Waals surface area (Å²) >= 11 is 1.57. The lowest BCUT2D eigenvalue weighted by molar-refractivity contribution is 0.0950. The second-order valence-corrected chi connectivity index (χ2v) is 10.6. The normalized spacial score (nSPS) is 19.0. The van der Waals surface area contributed by atoms with Crippen molar-refractivity contribution in [1.29, 1.82) is 0 Å². The van der Waals surface area contributed by atoms with E-state index in [9.17, 15) is 9.59 Å². The Hall–Kier alpha value is -2.08. The second kappa shape index (κ2) is 7.31. The molecule has 2 aromatic rings. The van der Waals surface area contributed by atoms with Gasteiger partial charge in [-0.05, 0) is 68.9 Å². The van der Waals surface area contributed by atoms with Crippen LogP contribution in [0.3, 0.4) is 0 Å². The number of hydrogen-bond acceptors (Lipinski definition) is 4. The van der Waals surface area contributed by atoms with Crippen molar-refractivity contribution in [2.24, 2.45) is 11.3 Å². The smallest absolute Gasteiger partial charge is 0.259 e. The molecule has 29 heavy (non-hydrogen) atoms. The summed E-state index contributed by atoms with van der Waals surface area (Å²) in [5, 5.41) is 6.81. The minimum absolute atomic E-state index is 0.0467. The molecular weight excluding hydrogens is 384 g/mol. The van der Waals surface area contributed by atoms with Crippen molar-refractivity contribution in [1.82, 2.24) is 5.32 Å². The first kappa shape index (κ1) is 20.2. The summed E-state index contributed by atoms with van der Waals surface area (Å²) in [7, 11) is 0. The minimum atomic E-state index is -0.217. The second-order valence-electron chi connectivity index (χ2n) is 9.54. The summed E-state index contributed by atoms with van der Waals surface area (Å²) in [5.41, 5.74) is 2.56. The van der Waals surface area contributed by atoms with E-state index in [1.807, 2.05) is 6.92 Å². The number of hydrogen-bond donors (Lipinski definition) is 2. The van der Waals surface area contributed by atoms with Crippen LogP contribution in [0, 0.1) is 25.2 Å². The Labute approximate surface area is 176 Å². The van der Waals surface area contributed by atoms with Gasteiger partial charge in [0, 0.05) is 10.9 Å². The largest absolute Gasteiger partial charge is 0.466 e. The number of furan rings is 1. The Morgan fingerprint density at radius 3 is 2.45 bits per heavy atom. The van der Waals surface area contributed by atoms with Crippen molar-refractivity contribution in [2.45, 2.75) is 72.8 Å². The van der Waals surface area contributed by atoms with E-state index in [1.165, 1.54) is 4.88 Å². The molecule has 4 rings (SSSR count). The van der Waals surface area contributed by atoms with Crippen LogP contribution in [0.25, 0.3) is 0 Å². The number of carbonyl (C=O) groups excluding carboxylic acids is 2. The molecule has 0 radical (unpaired) electrons. The van der Waals surface area contributed by atoms with Crippen LogP contribution in [-0.2, 0) is 12.8 Å². The average molecular weight is 415 g/mol. The molecule has 1 unspecified atom stereocenters. The lowest BCUT2D eigenvalue weighted by Crippen LogP contribution is -2.29. The number of amides is 2. The van der Waals surface area contributed by atoms with Gasteiger partial charge >= 0.3 is 0 Å². The summed E-state index contributed by atoms with van der Waals surface area (Å²) < 4.78 is 5.51. The van der Waals surface area contributed by atoms with E-state index in [1.54, 1.807) is 24.3 Å². The fraction of sp³-hybridized carbons (Fsp3) is 0.565. The van der Waals surface area contributed by atoms with Crippen molar-refractivity contribution >= 4 is 28.2 Å². The van der Waals surface area contributed by atoms with Gasteiger partial charge in [-0.3, -0.25) is 9.59 Å². The summed E-state index contributed by atoms with van der Waals surface area (Å²) in [4.78, 5) is 27.2. The van der Waals surface area contributed by atoms with Gasteiger partial charge in [0.05, 0.1) is 11.1 Å². The van der Waals surface area contributed by atoms with Crippen molar-refractivity contribution in [3.05, 3.63) is 39.2 Å². The van der Waals surface area contributed by atoms with E-state index in [4.69, 9.17) is 4.42 Å². The molecule has 5 nitrogen and oxygen atoms in total. The molecule has 1 fully saturated rings. The Balaban J connectivity index is 1.66. The fourth-order valence-electron chi connectivity index (χ4n) is 4.17. The first-order valence-electron chi connectivity index (χ1n) is 10.5. The summed E-state index contributed by atoms with van der Waals surface area (Å²) in [6, 6.07) is 2.03. The number of rotatable bonds is 4. The van der Waals surface area contributed by atoms with Gasteiger partial charge in [0.1, 0.15) is 16.5 Å². The van der Waals surface area contributed by atoms with Crippen LogP contribution in [0.2, 0.25) is 0 Å². The van der Waals surface area contributed by atoms with Gasteiger partial charge in [-0.2, -0.15) is 0 Å². The summed E-state index contributed by atoms with van der Waals surface area (Å²) in [5.74, 6) is 1.62. The molecule has 2 aliphatic carbocycles. The number of carbonyl (C=O) groups is 2. The van der Waals surface area contributed by atoms with Crippen LogP contribution in [0.15, 0.2) is 10.5 Å². The van der Waals surface area contributed by atoms with Crippen molar-refractivity contribution < 1.29 is 14.0 Å². The van der Waals surface area contributed by atoms with Crippen LogP contribution in [0.5, 0.6) is 0 Å². The molecule has 1 saturated carbocycles. The van der Waals surface area contributed by atoms with Crippen LogP contribution in [0.1, 0.15) is 82.7 Å². The highest BCUT2D eigenvalue weighted by molar-refractivity contribution is 7.17. The Bertz CT molecular complexity index is 960. The zero-order chi connectivity index (χ0) is 20.9. The molecule has 1 atom stereocenters. The average Bonchev–Trinajstić information content (AvgIpc) is 3.26. The molecule has 2 aliphatic rings. The van der Waals surface area contributed by atoms with Gasteiger partial charge in [0.15, 0.2) is 0 Å². The standard InChI is InChI=1S/C23H30N2O3S/c1-12-10-17(13(2)28-12)20(26)25-22-19(21(27)24-15-7-8-15)16-9-6-14(23(3,4)5)11-18(16)29-22/h10,14-15H,6-9,11H2,1-5H3,(H,24,27)(H,25,26). The van der Waals surface area contributed by atoms with Crippen LogP contribution in [-0.4, -0.2) is 17.9 Å². The zero-order valence-electron chi connectivity index (χ0n) is 17.9. The molecule has 2 amide bonds. The molecule has 156 valence electrons. The number of anilines is 1. The highest BCUT2D eigenvalue weighted by atomic mass is 32.1. The number of fused-ring (bicyclic) bond motifs is 1. The molecule has 2 heterocycles. The van der Waals surface area contributed by atoms with Gasteiger partial charge in [-0.25, -0.2) is 0 Å². The van der Waals surface area contributed by atoms with E-state index < -0.39 is 0 Å². The topological polar surface area (TPSA) is 71.3 Å². The number of aryl methyl sites for hydroxylation is 2. The first-order valence-corrected chi connectivity index (χ1v) is 11.3. The predicted octanol–water partition coefficient (Wildman–Crippen LogP) is 5.25. The van der Waals surface area contributed by atoms with Crippen molar-refractivity contribution in [3.63, 3.8) is 0 Å². The molecule has 0 aliphatic heterocycles. The maximum Gasteiger partial charge on any atom is 0.259 e. The van der Waals surface area contributed by atoms with E-state index in [0.29, 0.717) is 33.6 Å². The van der Waals surface area contributed by atoms with Gasteiger partial charge in [0.2, 0.25) is 0 Å². The maximum atomic E-state index is 13.0. The van der Waals surface area contributed by atoms with E-state index in [-0.39, 0.29) is 23.3 Å². The Morgan fingerprint density at radius 2 is 1.86 bits per heavy atom. The molecule has 0 saturated heterocycles. The fourth-order valence-corrected chi connectivity index (χ4v) is 5.49. The highest BCUT2D eigenvalue weighted by Gasteiger charge is 2.35. The first-order chi connectivity index (χ1) is 13.6. The molecule has 6 heteroatoms. The van der Waals surface area contributed by atoms with Crippen molar-refractivity contribution in [2.75, 3.05) is 5.32 Å². The molecule has 2 N–H and O–H groups in total. The predicted molar refractivity (Wildman–Crippen MR) is 116 cm³/mol. The van der Waals surface area contributed by atoms with Crippen LogP contribution >= 0.6 is 11.3 Å². The third-order valence-electron chi connectivity index (χ3n) is 6.14. The Morgan fingerprint density at radius 1 is 1.14 bits per heavy atom. The molecule has 0 spiro atoms. The van der Waals surface area contributed by atoms with E-state index in [0.717, 1.165) is 37.7 Å². The molecule has 0 bridgehead atoms. The van der Waals surface area contributed by atoms with E-state index >= 15 is 0 Å². The number of thiophene rings is 1. The third kappa shape index (κ3) is 4.13. The maximum absolute atomic E-state index is 13.0. The van der Waals surface area contributed by atoms with Crippen LogP contribution < -0.4 is 10.6 Å². The summed E-state index contributed by atoms with van der Waals surface area (Å²) in [6.07, 6.45) is 5.01. The minimum Gasteiger partial charge on any atom is -0.466 e. The quantitative estimate of drug-likeness (QED) is 0.717. The monoisotopic (exact) mass is 414 g/mol. The molecule has 0 aromatic carbocycles. The number of nitrogens with one attached hydrogen (secondary N) is 2. The lowest BCUT2D eigenvalue weighted by Gasteiger charge is -2.33. The van der Waals surface area contributed by atoms with Gasteiger partial charge in [-0.15, -0.1) is 11.3 Å². The van der Waals surface area contributed by atoms with E-state index in [2.05, 4.69) is 31.4 Å². The van der Waals surface area contributed by atoms with Crippen molar-refractivity contribution in [3.8, 4) is 0 Å². The van der Waals surface area contributed by atoms with Gasteiger partial charge < -0.3 is 15.1 Å². The summed E-state index contributed by atoms with van der Waals surface area (Å²) in [6.45, 7) is 10.5.